The van der Waals surface area contributed by atoms with Gasteiger partial charge in [0.25, 0.3) is 11.6 Å². The number of nitro benzene ring substituents is 1. The Bertz CT molecular complexity index is 1180. The average molecular weight is 428 g/mol. The van der Waals surface area contributed by atoms with E-state index in [9.17, 15) is 24.1 Å². The van der Waals surface area contributed by atoms with Crippen LogP contribution in [-0.2, 0) is 16.1 Å². The molecule has 0 aliphatic carbocycles. The minimum absolute atomic E-state index is 0.301. The summed E-state index contributed by atoms with van der Waals surface area (Å²) in [5, 5.41) is 12.9. The maximum Gasteiger partial charge on any atom is 0.348 e. The molecule has 1 aliphatic heterocycles. The van der Waals surface area contributed by atoms with Crippen LogP contribution in [0.1, 0.15) is 15.2 Å². The van der Waals surface area contributed by atoms with Crippen LogP contribution in [0.25, 0.3) is 10.4 Å². The Kier molecular flexibility index (Phi) is 5.15. The number of ether oxygens (including phenoxy) is 2. The molecule has 8 nitrogen and oxygen atoms in total. The number of nitrogens with one attached hydrogen (secondary N) is 1. The zero-order valence-corrected chi connectivity index (χ0v) is 16.0. The fourth-order valence-electron chi connectivity index (χ4n) is 2.91. The third-order valence-corrected chi connectivity index (χ3v) is 5.48. The smallest absolute Gasteiger partial charge is 0.348 e. The number of rotatable bonds is 5. The lowest BCUT2D eigenvalue weighted by molar-refractivity contribution is -0.384. The van der Waals surface area contributed by atoms with Crippen LogP contribution >= 0.6 is 11.3 Å². The fraction of sp³-hybridized carbons (Fsp3) is 0.100. The van der Waals surface area contributed by atoms with E-state index in [0.29, 0.717) is 11.5 Å². The minimum Gasteiger partial charge on any atom is -0.488 e. The zero-order valence-electron chi connectivity index (χ0n) is 15.2. The summed E-state index contributed by atoms with van der Waals surface area (Å²) in [5.74, 6) is -1.64. The van der Waals surface area contributed by atoms with Crippen molar-refractivity contribution in [3.63, 3.8) is 0 Å². The second kappa shape index (κ2) is 7.91. The number of benzene rings is 2. The van der Waals surface area contributed by atoms with E-state index in [1.165, 1.54) is 11.3 Å². The van der Waals surface area contributed by atoms with Crippen LogP contribution in [0.5, 0.6) is 5.75 Å². The number of nitrogens with zero attached hydrogens (tertiary/aromatic N) is 1. The molecule has 3 aromatic rings. The molecule has 1 aliphatic rings. The lowest BCUT2D eigenvalue weighted by Crippen LogP contribution is -2.21. The molecule has 0 saturated heterocycles. The molecule has 0 spiro atoms. The SMILES string of the molecule is O=C(COC(=O)c1cc2c(s1)-c1ccccc1OC2)Nc1cc([N+](=O)[O-])ccc1F. The highest BCUT2D eigenvalue weighted by molar-refractivity contribution is 7.17. The van der Waals surface area contributed by atoms with Crippen molar-refractivity contribution in [1.82, 2.24) is 0 Å². The molecule has 2 aromatic carbocycles. The van der Waals surface area contributed by atoms with Gasteiger partial charge < -0.3 is 14.8 Å². The van der Waals surface area contributed by atoms with E-state index in [0.717, 1.165) is 40.0 Å². The van der Waals surface area contributed by atoms with E-state index >= 15 is 0 Å². The molecule has 152 valence electrons. The number of hydrogen-bond acceptors (Lipinski definition) is 7. The van der Waals surface area contributed by atoms with Gasteiger partial charge in [-0.2, -0.15) is 0 Å². The number of carbonyl (C=O) groups excluding carboxylic acids is 2. The third-order valence-electron chi connectivity index (χ3n) is 4.29. The van der Waals surface area contributed by atoms with Gasteiger partial charge in [-0.15, -0.1) is 11.3 Å². The quantitative estimate of drug-likeness (QED) is 0.372. The summed E-state index contributed by atoms with van der Waals surface area (Å²) in [6, 6.07) is 11.8. The van der Waals surface area contributed by atoms with Crippen LogP contribution in [0.15, 0.2) is 48.5 Å². The van der Waals surface area contributed by atoms with Gasteiger partial charge in [0.05, 0.1) is 10.6 Å². The van der Waals surface area contributed by atoms with E-state index in [-0.39, 0.29) is 11.4 Å². The number of nitro groups is 1. The van der Waals surface area contributed by atoms with Crippen LogP contribution < -0.4 is 10.1 Å². The lowest BCUT2D eigenvalue weighted by Gasteiger charge is -2.16. The van der Waals surface area contributed by atoms with Gasteiger partial charge in [-0.3, -0.25) is 14.9 Å². The number of esters is 1. The zero-order chi connectivity index (χ0) is 21.3. The van der Waals surface area contributed by atoms with Crippen molar-refractivity contribution in [2.75, 3.05) is 11.9 Å². The first-order chi connectivity index (χ1) is 14.4. The molecule has 1 N–H and O–H groups in total. The van der Waals surface area contributed by atoms with Crippen molar-refractivity contribution in [3.05, 3.63) is 74.9 Å². The van der Waals surface area contributed by atoms with Gasteiger partial charge in [-0.05, 0) is 24.3 Å². The number of para-hydroxylation sites is 1. The number of hydrogen-bond donors (Lipinski definition) is 1. The van der Waals surface area contributed by atoms with Crippen molar-refractivity contribution in [3.8, 4) is 16.2 Å². The van der Waals surface area contributed by atoms with E-state index in [2.05, 4.69) is 5.32 Å². The van der Waals surface area contributed by atoms with Crippen molar-refractivity contribution < 1.29 is 28.4 Å². The van der Waals surface area contributed by atoms with Crippen molar-refractivity contribution in [1.29, 1.82) is 0 Å². The van der Waals surface area contributed by atoms with Crippen LogP contribution in [0.3, 0.4) is 0 Å². The molecule has 2 heterocycles. The summed E-state index contributed by atoms with van der Waals surface area (Å²) in [4.78, 5) is 35.6. The second-order valence-corrected chi connectivity index (χ2v) is 7.35. The highest BCUT2D eigenvalue weighted by Gasteiger charge is 2.23. The standard InChI is InChI=1S/C20H13FN2O6S/c21-14-6-5-12(23(26)27)8-15(14)22-18(24)10-29-20(25)17-7-11-9-28-16-4-2-1-3-13(16)19(11)30-17/h1-8H,9-10H2,(H,22,24). The number of anilines is 1. The van der Waals surface area contributed by atoms with Gasteiger partial charge >= 0.3 is 5.97 Å². The molecule has 0 atom stereocenters. The second-order valence-electron chi connectivity index (χ2n) is 6.30. The normalized spacial score (nSPS) is 11.6. The molecule has 0 unspecified atom stereocenters. The summed E-state index contributed by atoms with van der Waals surface area (Å²) in [6.45, 7) is -0.348. The number of halogens is 1. The van der Waals surface area contributed by atoms with Crippen molar-refractivity contribution >= 4 is 34.6 Å². The molecule has 1 amide bonds. The Balaban J connectivity index is 1.41. The monoisotopic (exact) mass is 428 g/mol. The summed E-state index contributed by atoms with van der Waals surface area (Å²) < 4.78 is 24.4. The summed E-state index contributed by atoms with van der Waals surface area (Å²) >= 11 is 1.23. The van der Waals surface area contributed by atoms with Crippen LogP contribution in [0.2, 0.25) is 0 Å². The molecule has 1 aromatic heterocycles. The molecule has 0 saturated carbocycles. The van der Waals surface area contributed by atoms with E-state index in [1.54, 1.807) is 6.07 Å². The first-order valence-corrected chi connectivity index (χ1v) is 9.50. The number of thiophene rings is 1. The molecule has 0 radical (unpaired) electrons. The minimum atomic E-state index is -0.843. The van der Waals surface area contributed by atoms with E-state index in [4.69, 9.17) is 9.47 Å². The summed E-state index contributed by atoms with van der Waals surface area (Å²) in [6.07, 6.45) is 0. The Morgan fingerprint density at radius 2 is 2.03 bits per heavy atom. The fourth-order valence-corrected chi connectivity index (χ4v) is 4.00. The summed E-state index contributed by atoms with van der Waals surface area (Å²) in [7, 11) is 0. The Morgan fingerprint density at radius 3 is 2.83 bits per heavy atom. The summed E-state index contributed by atoms with van der Waals surface area (Å²) in [5.41, 5.74) is 0.969. The van der Waals surface area contributed by atoms with Crippen LogP contribution in [-0.4, -0.2) is 23.4 Å². The Morgan fingerprint density at radius 1 is 1.23 bits per heavy atom. The van der Waals surface area contributed by atoms with Gasteiger partial charge in [-0.25, -0.2) is 9.18 Å². The maximum absolute atomic E-state index is 13.8. The Labute approximate surface area is 173 Å². The van der Waals surface area contributed by atoms with Crippen molar-refractivity contribution in [2.45, 2.75) is 6.61 Å². The molecule has 0 fully saturated rings. The van der Waals surface area contributed by atoms with Gasteiger partial charge in [0.1, 0.15) is 23.1 Å². The van der Waals surface area contributed by atoms with Crippen LogP contribution in [0.4, 0.5) is 15.8 Å². The first kappa shape index (κ1) is 19.5. The highest BCUT2D eigenvalue weighted by atomic mass is 32.1. The predicted molar refractivity (Wildman–Crippen MR) is 106 cm³/mol. The molecular formula is C20H13FN2O6S. The topological polar surface area (TPSA) is 108 Å². The highest BCUT2D eigenvalue weighted by Crippen LogP contribution is 2.42. The lowest BCUT2D eigenvalue weighted by atomic mass is 10.1. The largest absolute Gasteiger partial charge is 0.488 e. The molecule has 4 rings (SSSR count). The molecule has 0 bridgehead atoms. The van der Waals surface area contributed by atoms with Crippen molar-refractivity contribution in [2.24, 2.45) is 0 Å². The first-order valence-electron chi connectivity index (χ1n) is 8.68. The number of amides is 1. The number of non-ortho nitro benzene ring substituents is 1. The Hall–Kier alpha value is -3.79. The third kappa shape index (κ3) is 3.85. The predicted octanol–water partition coefficient (Wildman–Crippen LogP) is 4.15. The van der Waals surface area contributed by atoms with Gasteiger partial charge in [0.2, 0.25) is 0 Å². The molecule has 10 heteroatoms. The van der Waals surface area contributed by atoms with Gasteiger partial charge in [-0.1, -0.05) is 12.1 Å². The molecular weight excluding hydrogens is 415 g/mol. The number of carbonyl (C=O) groups is 2. The van der Waals surface area contributed by atoms with Gasteiger partial charge in [0.15, 0.2) is 6.61 Å². The van der Waals surface area contributed by atoms with E-state index in [1.807, 2.05) is 24.3 Å². The molecule has 30 heavy (non-hydrogen) atoms. The number of fused-ring (bicyclic) bond motifs is 3. The van der Waals surface area contributed by atoms with E-state index < -0.39 is 29.2 Å². The maximum atomic E-state index is 13.8. The average Bonchev–Trinajstić information content (AvgIpc) is 3.18. The van der Waals surface area contributed by atoms with Crippen LogP contribution in [0, 0.1) is 15.9 Å². The van der Waals surface area contributed by atoms with Gasteiger partial charge in [0, 0.05) is 28.1 Å².